The molecule has 1 aromatic carbocycles. The zero-order valence-corrected chi connectivity index (χ0v) is 19.7. The molecule has 1 saturated heterocycles. The number of fused-ring (bicyclic) bond motifs is 1. The van der Waals surface area contributed by atoms with Gasteiger partial charge in [-0.2, -0.15) is 0 Å². The third-order valence-electron chi connectivity index (χ3n) is 4.47. The molecule has 0 spiro atoms. The number of hydrogen-bond donors (Lipinski definition) is 1. The Morgan fingerprint density at radius 2 is 2.33 bits per heavy atom. The average Bonchev–Trinajstić information content (AvgIpc) is 3.22. The minimum absolute atomic E-state index is 0.104. The van der Waals surface area contributed by atoms with Crippen molar-refractivity contribution < 1.29 is 19.1 Å². The minimum atomic E-state index is -0.706. The van der Waals surface area contributed by atoms with E-state index < -0.39 is 11.0 Å². The molecule has 0 radical (unpaired) electrons. The second kappa shape index (κ2) is 10.5. The molecule has 2 atom stereocenters. The van der Waals surface area contributed by atoms with Gasteiger partial charge in [0.15, 0.2) is 0 Å². The summed E-state index contributed by atoms with van der Waals surface area (Å²) in [5.74, 6) is 0.355. The molecule has 7 nitrogen and oxygen atoms in total. The fourth-order valence-corrected chi connectivity index (χ4v) is 3.80. The third-order valence-corrected chi connectivity index (χ3v) is 5.64. The number of hydrogen-bond acceptors (Lipinski definition) is 7. The first-order valence-corrected chi connectivity index (χ1v) is 11.8. The summed E-state index contributed by atoms with van der Waals surface area (Å²) in [7, 11) is 0. The molecule has 2 aromatic rings. The van der Waals surface area contributed by atoms with Gasteiger partial charge in [0.05, 0.1) is 23.4 Å². The van der Waals surface area contributed by atoms with Crippen molar-refractivity contribution in [3.63, 3.8) is 0 Å². The van der Waals surface area contributed by atoms with E-state index in [0.29, 0.717) is 12.4 Å². The fraction of sp³-hybridized carbons (Fsp3) is 0.476. The zero-order valence-electron chi connectivity index (χ0n) is 17.3. The van der Waals surface area contributed by atoms with Crippen LogP contribution in [0.5, 0.6) is 5.75 Å². The second-order valence-corrected chi connectivity index (χ2v) is 9.38. The van der Waals surface area contributed by atoms with Gasteiger partial charge in [0.2, 0.25) is 5.44 Å². The maximum absolute atomic E-state index is 12.8. The number of benzene rings is 1. The smallest absolute Gasteiger partial charge is 0.272 e. The van der Waals surface area contributed by atoms with Crippen molar-refractivity contribution in [1.29, 1.82) is 0 Å². The number of nitrogens with zero attached hydrogens (tertiary/aromatic N) is 2. The Balaban J connectivity index is 1.56. The van der Waals surface area contributed by atoms with Crippen molar-refractivity contribution in [2.24, 2.45) is 5.16 Å². The molecule has 2 unspecified atom stereocenters. The summed E-state index contributed by atoms with van der Waals surface area (Å²) in [5, 5.41) is 7.86. The van der Waals surface area contributed by atoms with E-state index in [9.17, 15) is 4.79 Å². The number of rotatable bonds is 9. The lowest BCUT2D eigenvalue weighted by Crippen LogP contribution is -2.49. The summed E-state index contributed by atoms with van der Waals surface area (Å²) >= 11 is 4.74. The largest absolute Gasteiger partial charge is 0.470 e. The molecule has 1 aliphatic rings. The van der Waals surface area contributed by atoms with Crippen LogP contribution in [0.3, 0.4) is 0 Å². The fourth-order valence-electron chi connectivity index (χ4n) is 2.97. The van der Waals surface area contributed by atoms with Gasteiger partial charge >= 0.3 is 0 Å². The first-order chi connectivity index (χ1) is 14.4. The number of carbonyl (C=O) groups is 1. The number of nitrogens with one attached hydrogen (secondary N) is 1. The summed E-state index contributed by atoms with van der Waals surface area (Å²) in [6, 6.07) is 7.51. The number of thioether (sulfide) groups is 1. The van der Waals surface area contributed by atoms with Gasteiger partial charge in [-0.15, -0.1) is 11.8 Å². The van der Waals surface area contributed by atoms with Crippen molar-refractivity contribution in [3.8, 4) is 5.75 Å². The van der Waals surface area contributed by atoms with E-state index >= 15 is 0 Å². The van der Waals surface area contributed by atoms with Gasteiger partial charge in [0.25, 0.3) is 5.91 Å². The Hall–Kier alpha value is -1.84. The van der Waals surface area contributed by atoms with Crippen LogP contribution in [0.2, 0.25) is 0 Å². The summed E-state index contributed by atoms with van der Waals surface area (Å²) in [4.78, 5) is 22.4. The summed E-state index contributed by atoms with van der Waals surface area (Å²) < 4.78 is 12.3. The van der Waals surface area contributed by atoms with E-state index in [1.54, 1.807) is 12.4 Å². The number of pyridine rings is 1. The van der Waals surface area contributed by atoms with Crippen LogP contribution < -0.4 is 10.1 Å². The van der Waals surface area contributed by atoms with E-state index in [1.165, 1.54) is 11.8 Å². The van der Waals surface area contributed by atoms with Crippen molar-refractivity contribution in [3.05, 3.63) is 34.9 Å². The van der Waals surface area contributed by atoms with Crippen LogP contribution in [0.4, 0.5) is 0 Å². The molecule has 0 aliphatic carbocycles. The van der Waals surface area contributed by atoms with Gasteiger partial charge < -0.3 is 19.6 Å². The maximum Gasteiger partial charge on any atom is 0.272 e. The molecule has 3 rings (SSSR count). The summed E-state index contributed by atoms with van der Waals surface area (Å²) in [5.41, 5.74) is -0.539. The number of amides is 1. The van der Waals surface area contributed by atoms with Crippen molar-refractivity contribution >= 4 is 50.7 Å². The normalized spacial score (nSPS) is 17.9. The van der Waals surface area contributed by atoms with E-state index in [2.05, 4.69) is 31.4 Å². The molecular formula is C21H26BrN3O4S. The highest BCUT2D eigenvalue weighted by Gasteiger charge is 2.26. The Bertz CT molecular complexity index is 903. The van der Waals surface area contributed by atoms with Gasteiger partial charge in [0.1, 0.15) is 12.4 Å². The number of aromatic nitrogens is 1. The molecule has 0 bridgehead atoms. The first kappa shape index (κ1) is 22.8. The van der Waals surface area contributed by atoms with Gasteiger partial charge in [-0.1, -0.05) is 5.16 Å². The molecule has 2 heterocycles. The lowest BCUT2D eigenvalue weighted by atomic mass is 10.1. The van der Waals surface area contributed by atoms with Gasteiger partial charge in [-0.3, -0.25) is 9.78 Å². The number of oxime groups is 1. The minimum Gasteiger partial charge on any atom is -0.470 e. The van der Waals surface area contributed by atoms with E-state index in [1.807, 2.05) is 44.4 Å². The highest BCUT2D eigenvalue weighted by atomic mass is 79.9. The average molecular weight is 496 g/mol. The van der Waals surface area contributed by atoms with Gasteiger partial charge in [-0.25, -0.2) is 0 Å². The van der Waals surface area contributed by atoms with Crippen LogP contribution in [0.25, 0.3) is 10.9 Å². The van der Waals surface area contributed by atoms with Crippen LogP contribution in [-0.2, 0) is 14.4 Å². The zero-order chi connectivity index (χ0) is 21.6. The molecular weight excluding hydrogens is 470 g/mol. The number of ether oxygens (including phenoxy) is 2. The quantitative estimate of drug-likeness (QED) is 0.319. The van der Waals surface area contributed by atoms with Crippen LogP contribution in [-0.4, -0.2) is 53.7 Å². The van der Waals surface area contributed by atoms with E-state index in [4.69, 9.17) is 14.3 Å². The van der Waals surface area contributed by atoms with Gasteiger partial charge in [0, 0.05) is 22.7 Å². The number of halogens is 1. The molecule has 1 aromatic heterocycles. The molecule has 1 fully saturated rings. The lowest BCUT2D eigenvalue weighted by molar-refractivity contribution is -0.125. The highest BCUT2D eigenvalue weighted by molar-refractivity contribution is 9.10. The molecule has 9 heteroatoms. The van der Waals surface area contributed by atoms with Crippen LogP contribution in [0.1, 0.15) is 26.7 Å². The second-order valence-electron chi connectivity index (χ2n) is 7.57. The first-order valence-electron chi connectivity index (χ1n) is 9.71. The van der Waals surface area contributed by atoms with Crippen molar-refractivity contribution in [1.82, 2.24) is 10.3 Å². The highest BCUT2D eigenvalue weighted by Crippen LogP contribution is 2.24. The predicted molar refractivity (Wildman–Crippen MR) is 123 cm³/mol. The molecule has 0 saturated carbocycles. The molecule has 1 N–H and O–H groups in total. The van der Waals surface area contributed by atoms with Crippen LogP contribution >= 0.6 is 27.7 Å². The van der Waals surface area contributed by atoms with Crippen molar-refractivity contribution in [2.75, 3.05) is 19.5 Å². The Labute approximate surface area is 189 Å². The third kappa shape index (κ3) is 6.58. The maximum atomic E-state index is 12.8. The van der Waals surface area contributed by atoms with E-state index in [0.717, 1.165) is 34.8 Å². The SMILES string of the molecule is CSC(Oc1ccc2ncc(Br)cc2c1)C(=O)NC(C)(C)/C=N\OCC1CCCO1. The predicted octanol–water partition coefficient (Wildman–Crippen LogP) is 4.14. The Morgan fingerprint density at radius 3 is 3.07 bits per heavy atom. The Kier molecular flexibility index (Phi) is 7.96. The monoisotopic (exact) mass is 495 g/mol. The summed E-state index contributed by atoms with van der Waals surface area (Å²) in [6.07, 6.45) is 7.30. The molecule has 1 aliphatic heterocycles. The molecule has 30 heavy (non-hydrogen) atoms. The van der Waals surface area contributed by atoms with E-state index in [-0.39, 0.29) is 12.0 Å². The lowest BCUT2D eigenvalue weighted by Gasteiger charge is -2.24. The number of carbonyl (C=O) groups excluding carboxylic acids is 1. The van der Waals surface area contributed by atoms with Crippen molar-refractivity contribution in [2.45, 2.75) is 43.8 Å². The standard InChI is InChI=1S/C21H26BrN3O4S/c1-21(2,13-24-28-12-17-5-4-8-27-17)25-19(26)20(30-3)29-16-6-7-18-14(10-16)9-15(22)11-23-18/h6-7,9-11,13,17,20H,4-5,8,12H2,1-3H3,(H,25,26)/b24-13-. The Morgan fingerprint density at radius 1 is 1.50 bits per heavy atom. The molecule has 162 valence electrons. The van der Waals surface area contributed by atoms with Gasteiger partial charge in [-0.05, 0) is 73.1 Å². The topological polar surface area (TPSA) is 82.0 Å². The van der Waals surface area contributed by atoms with Crippen LogP contribution in [0.15, 0.2) is 40.1 Å². The summed E-state index contributed by atoms with van der Waals surface area (Å²) in [6.45, 7) is 4.89. The molecule has 1 amide bonds. The van der Waals surface area contributed by atoms with Crippen LogP contribution in [0, 0.1) is 0 Å².